The lowest BCUT2D eigenvalue weighted by Gasteiger charge is -2.23. The Labute approximate surface area is 150 Å². The van der Waals surface area contributed by atoms with Crippen molar-refractivity contribution in [2.24, 2.45) is 0 Å². The topological polar surface area (TPSA) is 75.6 Å². The molecule has 1 N–H and O–H groups in total. The number of β-amino-alcohol motifs (C(OH)–C–C–N with tert-alkyl or cyclic N) is 1. The Balaban J connectivity index is 1.35. The van der Waals surface area contributed by atoms with E-state index in [0.29, 0.717) is 30.2 Å². The van der Waals surface area contributed by atoms with Gasteiger partial charge in [0.05, 0.1) is 12.1 Å². The van der Waals surface area contributed by atoms with E-state index in [1.807, 2.05) is 0 Å². The van der Waals surface area contributed by atoms with E-state index in [0.717, 1.165) is 18.7 Å². The summed E-state index contributed by atoms with van der Waals surface area (Å²) in [5.41, 5.74) is -0.697. The van der Waals surface area contributed by atoms with Crippen molar-refractivity contribution in [2.45, 2.75) is 30.8 Å². The van der Waals surface area contributed by atoms with Crippen LogP contribution in [0, 0.1) is 5.82 Å². The second-order valence-corrected chi connectivity index (χ2v) is 7.05. The number of benzene rings is 1. The van der Waals surface area contributed by atoms with Crippen LogP contribution in [0.1, 0.15) is 41.4 Å². The van der Waals surface area contributed by atoms with E-state index in [4.69, 9.17) is 4.74 Å². The van der Waals surface area contributed by atoms with Crippen LogP contribution in [0.4, 0.5) is 4.39 Å². The predicted octanol–water partition coefficient (Wildman–Crippen LogP) is 2.15. The first-order chi connectivity index (χ1) is 12.5. The van der Waals surface area contributed by atoms with Crippen LogP contribution in [-0.4, -0.2) is 51.2 Å². The van der Waals surface area contributed by atoms with E-state index in [9.17, 15) is 14.3 Å². The van der Waals surface area contributed by atoms with Crippen LogP contribution in [0.5, 0.6) is 5.75 Å². The van der Waals surface area contributed by atoms with Crippen LogP contribution in [-0.2, 0) is 0 Å². The van der Waals surface area contributed by atoms with Crippen molar-refractivity contribution in [2.75, 3.05) is 19.7 Å². The standard InChI is InChI=1S/C19H20FN3O3/c20-15-3-5-16(6-4-15)26-12-19(25)7-8-23(11-19)18(24)14-9-21-17(22-10-14)13-1-2-13/h3-6,9-10,13,25H,1-2,7-8,11-12H2/t19-/m1/s1. The highest BCUT2D eigenvalue weighted by molar-refractivity contribution is 5.93. The fourth-order valence-corrected chi connectivity index (χ4v) is 3.08. The summed E-state index contributed by atoms with van der Waals surface area (Å²) in [6.07, 6.45) is 5.77. The molecule has 0 radical (unpaired) electrons. The molecule has 136 valence electrons. The Morgan fingerprint density at radius 1 is 1.27 bits per heavy atom. The third-order valence-corrected chi connectivity index (χ3v) is 4.80. The third-order valence-electron chi connectivity index (χ3n) is 4.80. The van der Waals surface area contributed by atoms with E-state index in [1.54, 1.807) is 17.3 Å². The van der Waals surface area contributed by atoms with E-state index in [-0.39, 0.29) is 24.9 Å². The molecule has 1 aliphatic heterocycles. The first-order valence-corrected chi connectivity index (χ1v) is 8.74. The molecule has 26 heavy (non-hydrogen) atoms. The Kier molecular flexibility index (Phi) is 4.32. The molecule has 6 nitrogen and oxygen atoms in total. The van der Waals surface area contributed by atoms with Crippen LogP contribution in [0.15, 0.2) is 36.7 Å². The molecule has 1 saturated heterocycles. The van der Waals surface area contributed by atoms with Gasteiger partial charge < -0.3 is 14.7 Å². The molecule has 1 aromatic heterocycles. The lowest BCUT2D eigenvalue weighted by molar-refractivity contribution is 0.00428. The van der Waals surface area contributed by atoms with Crippen LogP contribution in [0.3, 0.4) is 0 Å². The maximum Gasteiger partial charge on any atom is 0.257 e. The summed E-state index contributed by atoms with van der Waals surface area (Å²) in [6.45, 7) is 0.656. The van der Waals surface area contributed by atoms with Gasteiger partial charge in [0, 0.05) is 24.9 Å². The molecule has 0 unspecified atom stereocenters. The first kappa shape index (κ1) is 16.9. The monoisotopic (exact) mass is 357 g/mol. The summed E-state index contributed by atoms with van der Waals surface area (Å²) >= 11 is 0. The molecule has 0 bridgehead atoms. The molecular weight excluding hydrogens is 337 g/mol. The van der Waals surface area contributed by atoms with Gasteiger partial charge in [0.1, 0.15) is 29.6 Å². The summed E-state index contributed by atoms with van der Waals surface area (Å²) in [4.78, 5) is 22.7. The highest BCUT2D eigenvalue weighted by Gasteiger charge is 2.39. The molecule has 7 heteroatoms. The van der Waals surface area contributed by atoms with Crippen molar-refractivity contribution in [3.63, 3.8) is 0 Å². The minimum Gasteiger partial charge on any atom is -0.491 e. The molecule has 2 fully saturated rings. The van der Waals surface area contributed by atoms with Gasteiger partial charge in [-0.15, -0.1) is 0 Å². The van der Waals surface area contributed by atoms with Crippen molar-refractivity contribution < 1.29 is 19.0 Å². The molecule has 1 saturated carbocycles. The summed E-state index contributed by atoms with van der Waals surface area (Å²) in [5, 5.41) is 10.7. The van der Waals surface area contributed by atoms with Crippen LogP contribution < -0.4 is 4.74 Å². The molecular formula is C19H20FN3O3. The quantitative estimate of drug-likeness (QED) is 0.887. The molecule has 4 rings (SSSR count). The number of amides is 1. The molecule has 2 aromatic rings. The number of hydrogen-bond donors (Lipinski definition) is 1. The lowest BCUT2D eigenvalue weighted by atomic mass is 10.1. The maximum atomic E-state index is 12.9. The molecule has 1 aromatic carbocycles. The number of ether oxygens (including phenoxy) is 1. The summed E-state index contributed by atoms with van der Waals surface area (Å²) in [6, 6.07) is 5.62. The van der Waals surface area contributed by atoms with Crippen LogP contribution in [0.25, 0.3) is 0 Å². The SMILES string of the molecule is O=C(c1cnc(C2CC2)nc1)N1CC[C@](O)(COc2ccc(F)cc2)C1. The number of carbonyl (C=O) groups excluding carboxylic acids is 1. The highest BCUT2D eigenvalue weighted by atomic mass is 19.1. The van der Waals surface area contributed by atoms with Crippen LogP contribution in [0.2, 0.25) is 0 Å². The smallest absolute Gasteiger partial charge is 0.257 e. The highest BCUT2D eigenvalue weighted by Crippen LogP contribution is 2.37. The van der Waals surface area contributed by atoms with Crippen molar-refractivity contribution >= 4 is 5.91 Å². The molecule has 2 aliphatic rings. The Bertz CT molecular complexity index is 793. The van der Waals surface area contributed by atoms with Gasteiger partial charge in [0.15, 0.2) is 0 Å². The largest absolute Gasteiger partial charge is 0.491 e. The van der Waals surface area contributed by atoms with Gasteiger partial charge >= 0.3 is 0 Å². The maximum absolute atomic E-state index is 12.9. The summed E-state index contributed by atoms with van der Waals surface area (Å²) < 4.78 is 18.5. The van der Waals surface area contributed by atoms with Crippen molar-refractivity contribution in [3.8, 4) is 5.75 Å². The van der Waals surface area contributed by atoms with Gasteiger partial charge in [-0.25, -0.2) is 14.4 Å². The zero-order chi connectivity index (χ0) is 18.1. The predicted molar refractivity (Wildman–Crippen MR) is 91.4 cm³/mol. The average molecular weight is 357 g/mol. The van der Waals surface area contributed by atoms with Crippen molar-refractivity contribution in [1.29, 1.82) is 0 Å². The van der Waals surface area contributed by atoms with E-state index >= 15 is 0 Å². The Hall–Kier alpha value is -2.54. The van der Waals surface area contributed by atoms with Gasteiger partial charge in [0.25, 0.3) is 5.91 Å². The summed E-state index contributed by atoms with van der Waals surface area (Å²) in [5.74, 6) is 1.19. The second-order valence-electron chi connectivity index (χ2n) is 7.05. The van der Waals surface area contributed by atoms with Crippen molar-refractivity contribution in [1.82, 2.24) is 14.9 Å². The molecule has 2 heterocycles. The lowest BCUT2D eigenvalue weighted by Crippen LogP contribution is -2.40. The third kappa shape index (κ3) is 3.67. The van der Waals surface area contributed by atoms with Crippen LogP contribution >= 0.6 is 0 Å². The second kappa shape index (κ2) is 6.64. The van der Waals surface area contributed by atoms with Crippen molar-refractivity contribution in [3.05, 3.63) is 53.9 Å². The fraction of sp³-hybridized carbons (Fsp3) is 0.421. The molecule has 1 aliphatic carbocycles. The van der Waals surface area contributed by atoms with Gasteiger partial charge in [-0.2, -0.15) is 0 Å². The molecule has 1 amide bonds. The zero-order valence-electron chi connectivity index (χ0n) is 14.3. The number of carbonyl (C=O) groups is 1. The first-order valence-electron chi connectivity index (χ1n) is 8.74. The van der Waals surface area contributed by atoms with E-state index in [1.165, 1.54) is 24.3 Å². The van der Waals surface area contributed by atoms with Gasteiger partial charge in [0.2, 0.25) is 0 Å². The number of likely N-dealkylation sites (tertiary alicyclic amines) is 1. The number of halogens is 1. The number of rotatable bonds is 5. The average Bonchev–Trinajstić information content (AvgIpc) is 3.43. The van der Waals surface area contributed by atoms with Gasteiger partial charge in [-0.05, 0) is 43.5 Å². The van der Waals surface area contributed by atoms with Gasteiger partial charge in [-0.1, -0.05) is 0 Å². The number of hydrogen-bond acceptors (Lipinski definition) is 5. The number of aliphatic hydroxyl groups is 1. The minimum atomic E-state index is -1.13. The summed E-state index contributed by atoms with van der Waals surface area (Å²) in [7, 11) is 0. The number of nitrogens with zero attached hydrogens (tertiary/aromatic N) is 3. The Morgan fingerprint density at radius 3 is 2.62 bits per heavy atom. The zero-order valence-corrected chi connectivity index (χ0v) is 14.3. The fourth-order valence-electron chi connectivity index (χ4n) is 3.08. The minimum absolute atomic E-state index is 0.0412. The Morgan fingerprint density at radius 2 is 1.96 bits per heavy atom. The van der Waals surface area contributed by atoms with E-state index < -0.39 is 5.60 Å². The molecule has 0 spiro atoms. The molecule has 1 atom stereocenters. The number of aromatic nitrogens is 2. The van der Waals surface area contributed by atoms with E-state index in [2.05, 4.69) is 9.97 Å². The van der Waals surface area contributed by atoms with Gasteiger partial charge in [-0.3, -0.25) is 4.79 Å². The normalized spacial score (nSPS) is 22.5.